The summed E-state index contributed by atoms with van der Waals surface area (Å²) >= 11 is 2.52. The molecule has 0 radical (unpaired) electrons. The van der Waals surface area contributed by atoms with Crippen LogP contribution in [0.3, 0.4) is 0 Å². The number of hydrogen-bond donors (Lipinski definition) is 1. The van der Waals surface area contributed by atoms with Gasteiger partial charge in [-0.15, -0.1) is 11.3 Å². The van der Waals surface area contributed by atoms with Gasteiger partial charge in [-0.2, -0.15) is 0 Å². The molecule has 0 aliphatic carbocycles. The number of benzene rings is 2. The fourth-order valence-corrected chi connectivity index (χ4v) is 4.73. The second-order valence-electron chi connectivity index (χ2n) is 7.62. The summed E-state index contributed by atoms with van der Waals surface area (Å²) < 4.78 is 19.1. The third-order valence-electron chi connectivity index (χ3n) is 5.16. The van der Waals surface area contributed by atoms with Crippen molar-refractivity contribution < 1.29 is 23.5 Å². The lowest BCUT2D eigenvalue weighted by Crippen LogP contribution is -2.46. The molecule has 2 atom stereocenters. The predicted octanol–water partition coefficient (Wildman–Crippen LogP) is 4.29. The Balaban J connectivity index is 1.74. The van der Waals surface area contributed by atoms with Crippen LogP contribution in [0.5, 0.6) is 0 Å². The number of rotatable bonds is 10. The van der Waals surface area contributed by atoms with Gasteiger partial charge in [0.2, 0.25) is 5.91 Å². The maximum absolute atomic E-state index is 14.2. The Morgan fingerprint density at radius 3 is 2.47 bits per heavy atom. The Kier molecular flexibility index (Phi) is 9.35. The molecule has 0 bridgehead atoms. The number of thiazole rings is 1. The van der Waals surface area contributed by atoms with Crippen LogP contribution in [0.1, 0.15) is 18.1 Å². The van der Waals surface area contributed by atoms with Crippen molar-refractivity contribution in [3.8, 4) is 10.6 Å². The van der Waals surface area contributed by atoms with Gasteiger partial charge in [-0.3, -0.25) is 9.59 Å². The second kappa shape index (κ2) is 12.4. The Bertz CT molecular complexity index is 1120. The highest BCUT2D eigenvalue weighted by Crippen LogP contribution is 2.23. The van der Waals surface area contributed by atoms with Crippen LogP contribution in [-0.4, -0.2) is 40.9 Å². The summed E-state index contributed by atoms with van der Waals surface area (Å²) in [6, 6.07) is 12.9. The molecule has 0 aliphatic rings. The molecule has 178 valence electrons. The monoisotopic (exact) mass is 500 g/mol. The number of esters is 1. The van der Waals surface area contributed by atoms with Crippen molar-refractivity contribution in [2.75, 3.05) is 12.9 Å². The van der Waals surface area contributed by atoms with Crippen LogP contribution >= 0.6 is 23.1 Å². The van der Waals surface area contributed by atoms with Crippen molar-refractivity contribution in [1.82, 2.24) is 10.3 Å². The smallest absolute Gasteiger partial charge is 0.328 e. The molecule has 0 saturated heterocycles. The summed E-state index contributed by atoms with van der Waals surface area (Å²) in [4.78, 5) is 41.4. The molecule has 2 aromatic carbocycles. The molecule has 9 heteroatoms. The summed E-state index contributed by atoms with van der Waals surface area (Å²) in [6.45, 7) is 1.41. The number of nitrogens with zero attached hydrogens (tertiary/aromatic N) is 1. The van der Waals surface area contributed by atoms with E-state index in [1.807, 2.05) is 29.6 Å². The molecule has 0 saturated carbocycles. The number of carbonyl (C=O) groups excluding carboxylic acids is 3. The van der Waals surface area contributed by atoms with E-state index in [1.165, 1.54) is 31.4 Å². The maximum Gasteiger partial charge on any atom is 0.328 e. The topological polar surface area (TPSA) is 85.4 Å². The normalized spacial score (nSPS) is 12.6. The van der Waals surface area contributed by atoms with Crippen LogP contribution in [0.15, 0.2) is 60.1 Å². The van der Waals surface area contributed by atoms with Gasteiger partial charge in [-0.05, 0) is 23.6 Å². The predicted molar refractivity (Wildman–Crippen MR) is 132 cm³/mol. The first-order valence-corrected chi connectivity index (χ1v) is 12.5. The van der Waals surface area contributed by atoms with Gasteiger partial charge in [0.05, 0.1) is 13.0 Å². The van der Waals surface area contributed by atoms with Crippen molar-refractivity contribution in [3.63, 3.8) is 0 Å². The van der Waals surface area contributed by atoms with E-state index < -0.39 is 29.7 Å². The lowest BCUT2D eigenvalue weighted by atomic mass is 9.98. The van der Waals surface area contributed by atoms with Gasteiger partial charge < -0.3 is 10.1 Å². The SMILES string of the molecule is COC(=O)C(Cc1ccc(-c2nccs2)cc1)NC(=O)C(CSC(C)=O)Cc1ccccc1F. The zero-order valence-electron chi connectivity index (χ0n) is 18.8. The molecule has 3 rings (SSSR count). The average molecular weight is 501 g/mol. The third-order valence-corrected chi connectivity index (χ3v) is 6.96. The number of thioether (sulfide) groups is 1. The molecule has 0 fully saturated rings. The highest BCUT2D eigenvalue weighted by atomic mass is 32.2. The first-order valence-electron chi connectivity index (χ1n) is 10.6. The number of amides is 1. The van der Waals surface area contributed by atoms with Crippen LogP contribution in [0.25, 0.3) is 10.6 Å². The van der Waals surface area contributed by atoms with Gasteiger partial charge in [-0.25, -0.2) is 14.2 Å². The fraction of sp³-hybridized carbons (Fsp3) is 0.280. The van der Waals surface area contributed by atoms with Crippen LogP contribution in [0.4, 0.5) is 4.39 Å². The second-order valence-corrected chi connectivity index (χ2v) is 9.71. The summed E-state index contributed by atoms with van der Waals surface area (Å²) in [5.74, 6) is -1.97. The fourth-order valence-electron chi connectivity index (χ4n) is 3.38. The number of hydrogen-bond acceptors (Lipinski definition) is 7. The van der Waals surface area contributed by atoms with Crippen molar-refractivity contribution in [1.29, 1.82) is 0 Å². The molecule has 1 N–H and O–H groups in total. The number of halogens is 1. The lowest BCUT2D eigenvalue weighted by molar-refractivity contribution is -0.145. The number of ether oxygens (including phenoxy) is 1. The quantitative estimate of drug-likeness (QED) is 0.418. The molecule has 1 amide bonds. The highest BCUT2D eigenvalue weighted by molar-refractivity contribution is 8.13. The minimum atomic E-state index is -0.923. The molecule has 1 aromatic heterocycles. The van der Waals surface area contributed by atoms with Gasteiger partial charge >= 0.3 is 5.97 Å². The molecule has 6 nitrogen and oxygen atoms in total. The third kappa shape index (κ3) is 7.23. The zero-order valence-corrected chi connectivity index (χ0v) is 20.5. The van der Waals surface area contributed by atoms with Crippen LogP contribution in [0, 0.1) is 11.7 Å². The van der Waals surface area contributed by atoms with Crippen molar-refractivity contribution in [2.45, 2.75) is 25.8 Å². The number of methoxy groups -OCH3 is 1. The van der Waals surface area contributed by atoms with E-state index in [1.54, 1.807) is 24.4 Å². The average Bonchev–Trinajstić information content (AvgIpc) is 3.37. The minimum absolute atomic E-state index is 0.106. The van der Waals surface area contributed by atoms with E-state index in [9.17, 15) is 18.8 Å². The highest BCUT2D eigenvalue weighted by Gasteiger charge is 2.27. The summed E-state index contributed by atoms with van der Waals surface area (Å²) in [5, 5.41) is 5.40. The molecule has 1 heterocycles. The number of aromatic nitrogens is 1. The van der Waals surface area contributed by atoms with Crippen molar-refractivity contribution in [3.05, 3.63) is 77.1 Å². The summed E-state index contributed by atoms with van der Waals surface area (Å²) in [7, 11) is 1.26. The van der Waals surface area contributed by atoms with Crippen LogP contribution in [0.2, 0.25) is 0 Å². The first-order chi connectivity index (χ1) is 16.4. The Hall–Kier alpha value is -3.04. The molecule has 2 unspecified atom stereocenters. The largest absolute Gasteiger partial charge is 0.467 e. The van der Waals surface area contributed by atoms with E-state index in [0.717, 1.165) is 27.9 Å². The van der Waals surface area contributed by atoms with E-state index in [-0.39, 0.29) is 23.7 Å². The summed E-state index contributed by atoms with van der Waals surface area (Å²) in [6.07, 6.45) is 2.07. The van der Waals surface area contributed by atoms with Crippen LogP contribution in [-0.2, 0) is 32.0 Å². The lowest BCUT2D eigenvalue weighted by Gasteiger charge is -2.21. The Labute approximate surface area is 205 Å². The van der Waals surface area contributed by atoms with E-state index in [4.69, 9.17) is 4.74 Å². The molecule has 3 aromatic rings. The van der Waals surface area contributed by atoms with Gasteiger partial charge in [0.15, 0.2) is 5.12 Å². The van der Waals surface area contributed by atoms with Gasteiger partial charge in [-0.1, -0.05) is 54.2 Å². The number of carbonyl (C=O) groups is 3. The minimum Gasteiger partial charge on any atom is -0.467 e. The Morgan fingerprint density at radius 2 is 1.85 bits per heavy atom. The maximum atomic E-state index is 14.2. The molecular formula is C25H25FN2O4S2. The molecule has 34 heavy (non-hydrogen) atoms. The van der Waals surface area contributed by atoms with E-state index in [0.29, 0.717) is 5.56 Å². The summed E-state index contributed by atoms with van der Waals surface area (Å²) in [5.41, 5.74) is 2.17. The first kappa shape index (κ1) is 25.6. The van der Waals surface area contributed by atoms with Gasteiger partial charge in [0.1, 0.15) is 16.9 Å². The molecular weight excluding hydrogens is 475 g/mol. The number of nitrogens with one attached hydrogen (secondary N) is 1. The zero-order chi connectivity index (χ0) is 24.5. The Morgan fingerprint density at radius 1 is 1.12 bits per heavy atom. The molecule has 0 spiro atoms. The van der Waals surface area contributed by atoms with Crippen molar-refractivity contribution in [2.24, 2.45) is 5.92 Å². The van der Waals surface area contributed by atoms with Crippen molar-refractivity contribution >= 4 is 40.1 Å². The van der Waals surface area contributed by atoms with E-state index in [2.05, 4.69) is 10.3 Å². The molecule has 0 aliphatic heterocycles. The standard InChI is InChI=1S/C25H25FN2O4S2/c1-16(29)34-15-20(14-19-5-3-4-6-21(19)26)23(30)28-22(25(31)32-2)13-17-7-9-18(10-8-17)24-27-11-12-33-24/h3-12,20,22H,13-15H2,1-2H3,(H,28,30). The van der Waals surface area contributed by atoms with Gasteiger partial charge in [0, 0.05) is 36.2 Å². The van der Waals surface area contributed by atoms with Crippen LogP contribution < -0.4 is 5.32 Å². The van der Waals surface area contributed by atoms with Gasteiger partial charge in [0.25, 0.3) is 0 Å². The van der Waals surface area contributed by atoms with E-state index >= 15 is 0 Å².